The highest BCUT2D eigenvalue weighted by Crippen LogP contribution is 2.18. The van der Waals surface area contributed by atoms with E-state index in [1.807, 2.05) is 0 Å². The van der Waals surface area contributed by atoms with Gasteiger partial charge < -0.3 is 14.8 Å². The Bertz CT molecular complexity index is 355. The van der Waals surface area contributed by atoms with Crippen molar-refractivity contribution < 1.29 is 14.3 Å². The van der Waals surface area contributed by atoms with Crippen molar-refractivity contribution in [2.75, 3.05) is 13.7 Å². The number of nitrogens with one attached hydrogen (secondary N) is 1. The number of carbonyl (C=O) groups is 1. The quantitative estimate of drug-likeness (QED) is 0.618. The van der Waals surface area contributed by atoms with Crippen LogP contribution in [0.15, 0.2) is 24.3 Å². The van der Waals surface area contributed by atoms with Crippen LogP contribution in [0, 0.1) is 0 Å². The lowest BCUT2D eigenvalue weighted by atomic mass is 10.2. The number of esters is 1. The lowest BCUT2D eigenvalue weighted by Crippen LogP contribution is -2.34. The molecule has 0 amide bonds. The second-order valence-electron chi connectivity index (χ2n) is 3.75. The summed E-state index contributed by atoms with van der Waals surface area (Å²) < 4.78 is 10.3. The van der Waals surface area contributed by atoms with Gasteiger partial charge in [-0.05, 0) is 43.7 Å². The molecule has 86 valence electrons. The summed E-state index contributed by atoms with van der Waals surface area (Å²) in [5.41, 5.74) is 0. The summed E-state index contributed by atoms with van der Waals surface area (Å²) in [6.45, 7) is 0.891. The van der Waals surface area contributed by atoms with Crippen molar-refractivity contribution in [2.24, 2.45) is 0 Å². The standard InChI is InChI=1S/C12H15NO3/c1-15-9-4-6-10(7-5-9)16-12(14)11-3-2-8-13-11/h4-7,11,13H,2-3,8H2,1H3. The first-order valence-electron chi connectivity index (χ1n) is 5.39. The monoisotopic (exact) mass is 221 g/mol. The zero-order chi connectivity index (χ0) is 11.4. The predicted molar refractivity (Wildman–Crippen MR) is 59.7 cm³/mol. The van der Waals surface area contributed by atoms with E-state index in [2.05, 4.69) is 5.32 Å². The van der Waals surface area contributed by atoms with E-state index in [1.165, 1.54) is 0 Å². The van der Waals surface area contributed by atoms with Gasteiger partial charge in [0.1, 0.15) is 17.5 Å². The van der Waals surface area contributed by atoms with Gasteiger partial charge in [-0.15, -0.1) is 0 Å². The van der Waals surface area contributed by atoms with Crippen molar-refractivity contribution in [3.05, 3.63) is 24.3 Å². The molecule has 0 radical (unpaired) electrons. The van der Waals surface area contributed by atoms with E-state index in [0.717, 1.165) is 25.1 Å². The number of carbonyl (C=O) groups excluding carboxylic acids is 1. The van der Waals surface area contributed by atoms with Gasteiger partial charge in [0.05, 0.1) is 7.11 Å². The molecule has 16 heavy (non-hydrogen) atoms. The average molecular weight is 221 g/mol. The summed E-state index contributed by atoms with van der Waals surface area (Å²) in [7, 11) is 1.60. The highest BCUT2D eigenvalue weighted by molar-refractivity contribution is 5.78. The van der Waals surface area contributed by atoms with Crippen LogP contribution >= 0.6 is 0 Å². The molecule has 0 aliphatic carbocycles. The van der Waals surface area contributed by atoms with Crippen molar-refractivity contribution in [2.45, 2.75) is 18.9 Å². The molecule has 0 saturated carbocycles. The maximum absolute atomic E-state index is 11.7. The summed E-state index contributed by atoms with van der Waals surface area (Å²) >= 11 is 0. The summed E-state index contributed by atoms with van der Waals surface area (Å²) in [6, 6.07) is 6.84. The highest BCUT2D eigenvalue weighted by Gasteiger charge is 2.23. The Morgan fingerprint density at radius 2 is 2.00 bits per heavy atom. The third-order valence-corrected chi connectivity index (χ3v) is 2.62. The molecule has 1 N–H and O–H groups in total. The average Bonchev–Trinajstić information content (AvgIpc) is 2.83. The number of methoxy groups -OCH3 is 1. The highest BCUT2D eigenvalue weighted by atomic mass is 16.5. The number of benzene rings is 1. The van der Waals surface area contributed by atoms with Gasteiger partial charge in [-0.3, -0.25) is 0 Å². The van der Waals surface area contributed by atoms with Gasteiger partial charge in [-0.25, -0.2) is 4.79 Å². The van der Waals surface area contributed by atoms with E-state index < -0.39 is 0 Å². The maximum atomic E-state index is 11.7. The number of rotatable bonds is 3. The number of ether oxygens (including phenoxy) is 2. The Labute approximate surface area is 94.6 Å². The van der Waals surface area contributed by atoms with Crippen LogP contribution in [0.25, 0.3) is 0 Å². The van der Waals surface area contributed by atoms with E-state index >= 15 is 0 Å². The zero-order valence-corrected chi connectivity index (χ0v) is 9.23. The topological polar surface area (TPSA) is 47.6 Å². The summed E-state index contributed by atoms with van der Waals surface area (Å²) in [5.74, 6) is 1.10. The van der Waals surface area contributed by atoms with Crippen LogP contribution in [0.2, 0.25) is 0 Å². The molecule has 1 aromatic rings. The number of hydrogen-bond acceptors (Lipinski definition) is 4. The van der Waals surface area contributed by atoms with Crippen molar-refractivity contribution in [1.29, 1.82) is 0 Å². The molecule has 1 fully saturated rings. The van der Waals surface area contributed by atoms with E-state index in [4.69, 9.17) is 9.47 Å². The van der Waals surface area contributed by atoms with E-state index in [1.54, 1.807) is 31.4 Å². The molecule has 0 bridgehead atoms. The molecule has 4 nitrogen and oxygen atoms in total. The molecule has 4 heteroatoms. The maximum Gasteiger partial charge on any atom is 0.328 e. The van der Waals surface area contributed by atoms with Crippen LogP contribution in [0.5, 0.6) is 11.5 Å². The van der Waals surface area contributed by atoms with Crippen LogP contribution in [-0.4, -0.2) is 25.7 Å². The molecule has 0 spiro atoms. The lowest BCUT2D eigenvalue weighted by Gasteiger charge is -2.10. The predicted octanol–water partition coefficient (Wildman–Crippen LogP) is 1.35. The van der Waals surface area contributed by atoms with Gasteiger partial charge in [0.2, 0.25) is 0 Å². The first kappa shape index (κ1) is 11.0. The Morgan fingerprint density at radius 1 is 1.31 bits per heavy atom. The largest absolute Gasteiger partial charge is 0.497 e. The molecule has 1 aliphatic heterocycles. The molecule has 2 rings (SSSR count). The Hall–Kier alpha value is -1.55. The fraction of sp³-hybridized carbons (Fsp3) is 0.417. The molecule has 0 aromatic heterocycles. The normalized spacial score (nSPS) is 19.4. The minimum Gasteiger partial charge on any atom is -0.497 e. The van der Waals surface area contributed by atoms with E-state index in [9.17, 15) is 4.79 Å². The summed E-state index contributed by atoms with van der Waals surface area (Å²) in [5, 5.41) is 3.10. The Balaban J connectivity index is 1.94. The molecule has 1 atom stereocenters. The third-order valence-electron chi connectivity index (χ3n) is 2.62. The van der Waals surface area contributed by atoms with Crippen molar-refractivity contribution in [3.63, 3.8) is 0 Å². The SMILES string of the molecule is COc1ccc(OC(=O)C2CCCN2)cc1. The molecule has 1 saturated heterocycles. The first-order valence-corrected chi connectivity index (χ1v) is 5.39. The van der Waals surface area contributed by atoms with Crippen LogP contribution < -0.4 is 14.8 Å². The Kier molecular flexibility index (Phi) is 3.41. The fourth-order valence-corrected chi connectivity index (χ4v) is 1.72. The van der Waals surface area contributed by atoms with E-state index in [0.29, 0.717) is 5.75 Å². The van der Waals surface area contributed by atoms with E-state index in [-0.39, 0.29) is 12.0 Å². The van der Waals surface area contributed by atoms with Gasteiger partial charge >= 0.3 is 5.97 Å². The van der Waals surface area contributed by atoms with Crippen LogP contribution in [-0.2, 0) is 4.79 Å². The Morgan fingerprint density at radius 3 is 2.56 bits per heavy atom. The van der Waals surface area contributed by atoms with Gasteiger partial charge in [-0.2, -0.15) is 0 Å². The first-order chi connectivity index (χ1) is 7.79. The van der Waals surface area contributed by atoms with Crippen LogP contribution in [0.3, 0.4) is 0 Å². The minimum atomic E-state index is -0.206. The van der Waals surface area contributed by atoms with Crippen LogP contribution in [0.1, 0.15) is 12.8 Å². The zero-order valence-electron chi connectivity index (χ0n) is 9.23. The summed E-state index contributed by atoms with van der Waals surface area (Å²) in [6.07, 6.45) is 1.89. The van der Waals surface area contributed by atoms with Crippen LogP contribution in [0.4, 0.5) is 0 Å². The fourth-order valence-electron chi connectivity index (χ4n) is 1.72. The molecule has 1 heterocycles. The van der Waals surface area contributed by atoms with Gasteiger partial charge in [0.15, 0.2) is 0 Å². The molecule has 1 unspecified atom stereocenters. The third kappa shape index (κ3) is 2.52. The molecular formula is C12H15NO3. The van der Waals surface area contributed by atoms with Gasteiger partial charge in [0, 0.05) is 0 Å². The second-order valence-corrected chi connectivity index (χ2v) is 3.75. The summed E-state index contributed by atoms with van der Waals surface area (Å²) in [4.78, 5) is 11.7. The lowest BCUT2D eigenvalue weighted by molar-refractivity contribution is -0.136. The van der Waals surface area contributed by atoms with Crippen molar-refractivity contribution in [3.8, 4) is 11.5 Å². The molecule has 1 aliphatic rings. The second kappa shape index (κ2) is 4.99. The smallest absolute Gasteiger partial charge is 0.328 e. The molecular weight excluding hydrogens is 206 g/mol. The minimum absolute atomic E-state index is 0.151. The molecule has 1 aromatic carbocycles. The van der Waals surface area contributed by atoms with Crippen molar-refractivity contribution in [1.82, 2.24) is 5.32 Å². The number of hydrogen-bond donors (Lipinski definition) is 1. The van der Waals surface area contributed by atoms with Crippen molar-refractivity contribution >= 4 is 5.97 Å². The van der Waals surface area contributed by atoms with Gasteiger partial charge in [-0.1, -0.05) is 0 Å². The van der Waals surface area contributed by atoms with Gasteiger partial charge in [0.25, 0.3) is 0 Å².